The molecule has 0 amide bonds. The van der Waals surface area contributed by atoms with E-state index in [0.29, 0.717) is 0 Å². The molecule has 0 radical (unpaired) electrons. The Labute approximate surface area is 124 Å². The van der Waals surface area contributed by atoms with Crippen LogP contribution in [-0.2, 0) is 5.54 Å². The number of piperazine rings is 1. The Bertz CT molecular complexity index is 413. The van der Waals surface area contributed by atoms with E-state index in [0.717, 1.165) is 13.1 Å². The fraction of sp³-hybridized carbons (Fsp3) is 0.667. The number of benzene rings is 1. The van der Waals surface area contributed by atoms with Crippen molar-refractivity contribution in [2.75, 3.05) is 19.6 Å². The van der Waals surface area contributed by atoms with Crippen molar-refractivity contribution in [3.8, 4) is 0 Å². The summed E-state index contributed by atoms with van der Waals surface area (Å²) in [5, 5.41) is 3.78. The number of hydrogen-bond acceptors (Lipinski definition) is 2. The highest BCUT2D eigenvalue weighted by molar-refractivity contribution is 5.25. The fourth-order valence-electron chi connectivity index (χ4n) is 3.11. The summed E-state index contributed by atoms with van der Waals surface area (Å²) in [6.45, 7) is 12.7. The van der Waals surface area contributed by atoms with Gasteiger partial charge < -0.3 is 5.32 Å². The molecular weight excluding hydrogens is 244 g/mol. The highest BCUT2D eigenvalue weighted by Gasteiger charge is 2.40. The van der Waals surface area contributed by atoms with Crippen LogP contribution in [0.5, 0.6) is 0 Å². The van der Waals surface area contributed by atoms with E-state index in [4.69, 9.17) is 0 Å². The van der Waals surface area contributed by atoms with Crippen LogP contribution in [0.2, 0.25) is 0 Å². The number of hydrogen-bond donors (Lipinski definition) is 1. The van der Waals surface area contributed by atoms with Crippen LogP contribution in [-0.4, -0.2) is 30.1 Å². The minimum Gasteiger partial charge on any atom is -0.305 e. The zero-order chi connectivity index (χ0) is 14.6. The molecule has 1 unspecified atom stereocenters. The smallest absolute Gasteiger partial charge is 0.0535 e. The highest BCUT2D eigenvalue weighted by Crippen LogP contribution is 2.30. The van der Waals surface area contributed by atoms with Gasteiger partial charge in [-0.1, -0.05) is 50.1 Å². The minimum absolute atomic E-state index is 0.0724. The summed E-state index contributed by atoms with van der Waals surface area (Å²) < 4.78 is 0. The van der Waals surface area contributed by atoms with Crippen molar-refractivity contribution < 1.29 is 0 Å². The maximum atomic E-state index is 3.78. The standard InChI is InChI=1S/C18H30N2/c1-5-6-10-13-20-15-18(4,19-14-17(20,2)3)16-11-8-7-9-12-16/h7-9,11-12,19H,5-6,10,13-15H2,1-4H3. The van der Waals surface area contributed by atoms with Gasteiger partial charge in [-0.3, -0.25) is 4.90 Å². The second-order valence-electron chi connectivity index (χ2n) is 6.99. The highest BCUT2D eigenvalue weighted by atomic mass is 15.3. The van der Waals surface area contributed by atoms with Crippen LogP contribution in [0.4, 0.5) is 0 Å². The zero-order valence-corrected chi connectivity index (χ0v) is 13.6. The molecule has 1 saturated heterocycles. The molecule has 0 aromatic heterocycles. The van der Waals surface area contributed by atoms with Gasteiger partial charge in [0.25, 0.3) is 0 Å². The average molecular weight is 274 g/mol. The Morgan fingerprint density at radius 1 is 1.10 bits per heavy atom. The van der Waals surface area contributed by atoms with E-state index in [1.54, 1.807) is 0 Å². The minimum atomic E-state index is 0.0724. The Morgan fingerprint density at radius 2 is 1.80 bits per heavy atom. The van der Waals surface area contributed by atoms with Gasteiger partial charge >= 0.3 is 0 Å². The van der Waals surface area contributed by atoms with E-state index < -0.39 is 0 Å². The number of unbranched alkanes of at least 4 members (excludes halogenated alkanes) is 2. The van der Waals surface area contributed by atoms with E-state index in [-0.39, 0.29) is 11.1 Å². The van der Waals surface area contributed by atoms with Gasteiger partial charge in [0.05, 0.1) is 5.54 Å². The van der Waals surface area contributed by atoms with Crippen molar-refractivity contribution in [3.63, 3.8) is 0 Å². The third-order valence-corrected chi connectivity index (χ3v) is 4.72. The van der Waals surface area contributed by atoms with Crippen molar-refractivity contribution in [3.05, 3.63) is 35.9 Å². The van der Waals surface area contributed by atoms with Crippen LogP contribution >= 0.6 is 0 Å². The monoisotopic (exact) mass is 274 g/mol. The average Bonchev–Trinajstić information content (AvgIpc) is 2.44. The van der Waals surface area contributed by atoms with Crippen molar-refractivity contribution in [2.24, 2.45) is 0 Å². The van der Waals surface area contributed by atoms with Gasteiger partial charge in [-0.25, -0.2) is 0 Å². The Hall–Kier alpha value is -0.860. The van der Waals surface area contributed by atoms with Gasteiger partial charge in [-0.15, -0.1) is 0 Å². The van der Waals surface area contributed by atoms with Crippen molar-refractivity contribution in [1.29, 1.82) is 0 Å². The van der Waals surface area contributed by atoms with Crippen LogP contribution in [0.15, 0.2) is 30.3 Å². The van der Waals surface area contributed by atoms with Crippen LogP contribution < -0.4 is 5.32 Å². The van der Waals surface area contributed by atoms with Crippen LogP contribution in [0.1, 0.15) is 52.5 Å². The second kappa shape index (κ2) is 6.28. The van der Waals surface area contributed by atoms with Crippen LogP contribution in [0.25, 0.3) is 0 Å². The summed E-state index contributed by atoms with van der Waals surface area (Å²) in [4.78, 5) is 2.67. The molecule has 1 aliphatic heterocycles. The normalized spacial score (nSPS) is 26.6. The summed E-state index contributed by atoms with van der Waals surface area (Å²) in [6.07, 6.45) is 3.94. The lowest BCUT2D eigenvalue weighted by Gasteiger charge is -2.51. The van der Waals surface area contributed by atoms with E-state index in [9.17, 15) is 0 Å². The molecule has 1 aliphatic rings. The summed E-state index contributed by atoms with van der Waals surface area (Å²) in [6, 6.07) is 10.9. The summed E-state index contributed by atoms with van der Waals surface area (Å²) in [7, 11) is 0. The third-order valence-electron chi connectivity index (χ3n) is 4.72. The van der Waals surface area contributed by atoms with E-state index in [2.05, 4.69) is 68.2 Å². The SMILES string of the molecule is CCCCCN1CC(C)(c2ccccc2)NCC1(C)C. The first kappa shape index (κ1) is 15.5. The quantitative estimate of drug-likeness (QED) is 0.822. The third kappa shape index (κ3) is 3.42. The molecule has 20 heavy (non-hydrogen) atoms. The molecule has 1 atom stereocenters. The van der Waals surface area contributed by atoms with E-state index in [1.807, 2.05) is 0 Å². The molecule has 112 valence electrons. The molecule has 1 aromatic carbocycles. The predicted molar refractivity (Wildman–Crippen MR) is 87.0 cm³/mol. The van der Waals surface area contributed by atoms with Gasteiger partial charge in [0, 0.05) is 18.6 Å². The second-order valence-corrected chi connectivity index (χ2v) is 6.99. The molecule has 0 bridgehead atoms. The summed E-state index contributed by atoms with van der Waals surface area (Å²) in [5.41, 5.74) is 1.72. The van der Waals surface area contributed by atoms with Crippen molar-refractivity contribution in [1.82, 2.24) is 10.2 Å². The van der Waals surface area contributed by atoms with Gasteiger partial charge in [-0.05, 0) is 39.3 Å². The molecule has 2 rings (SSSR count). The summed E-state index contributed by atoms with van der Waals surface area (Å²) in [5.74, 6) is 0. The van der Waals surface area contributed by atoms with Crippen molar-refractivity contribution >= 4 is 0 Å². The lowest BCUT2D eigenvalue weighted by Crippen LogP contribution is -2.65. The Kier molecular flexibility index (Phi) is 4.87. The molecule has 2 nitrogen and oxygen atoms in total. The molecule has 0 spiro atoms. The molecule has 2 heteroatoms. The first-order valence-electron chi connectivity index (χ1n) is 8.03. The molecular formula is C18H30N2. The maximum Gasteiger partial charge on any atom is 0.0535 e. The fourth-order valence-corrected chi connectivity index (χ4v) is 3.11. The first-order valence-corrected chi connectivity index (χ1v) is 8.03. The van der Waals surface area contributed by atoms with Crippen LogP contribution in [0.3, 0.4) is 0 Å². The van der Waals surface area contributed by atoms with E-state index in [1.165, 1.54) is 31.4 Å². The molecule has 1 aromatic rings. The first-order chi connectivity index (χ1) is 9.48. The largest absolute Gasteiger partial charge is 0.305 e. The predicted octanol–water partition coefficient (Wildman–Crippen LogP) is 3.78. The number of rotatable bonds is 5. The lowest BCUT2D eigenvalue weighted by molar-refractivity contribution is 0.0301. The molecule has 1 heterocycles. The van der Waals surface area contributed by atoms with Gasteiger partial charge in [0.2, 0.25) is 0 Å². The molecule has 0 saturated carbocycles. The number of nitrogens with one attached hydrogen (secondary N) is 1. The lowest BCUT2D eigenvalue weighted by atomic mass is 9.84. The van der Waals surface area contributed by atoms with Gasteiger partial charge in [0.1, 0.15) is 0 Å². The molecule has 1 fully saturated rings. The molecule has 0 aliphatic carbocycles. The zero-order valence-electron chi connectivity index (χ0n) is 13.6. The maximum absolute atomic E-state index is 3.78. The van der Waals surface area contributed by atoms with Gasteiger partial charge in [-0.2, -0.15) is 0 Å². The Morgan fingerprint density at radius 3 is 2.45 bits per heavy atom. The van der Waals surface area contributed by atoms with Gasteiger partial charge in [0.15, 0.2) is 0 Å². The number of nitrogens with zero attached hydrogens (tertiary/aromatic N) is 1. The topological polar surface area (TPSA) is 15.3 Å². The summed E-state index contributed by atoms with van der Waals surface area (Å²) >= 11 is 0. The Balaban J connectivity index is 2.11. The van der Waals surface area contributed by atoms with Crippen LogP contribution in [0, 0.1) is 0 Å². The van der Waals surface area contributed by atoms with E-state index >= 15 is 0 Å². The molecule has 1 N–H and O–H groups in total. The van der Waals surface area contributed by atoms with Crippen molar-refractivity contribution in [2.45, 2.75) is 58.0 Å².